The molecule has 6 nitrogen and oxygen atoms in total. The molecule has 98 valence electrons. The summed E-state index contributed by atoms with van der Waals surface area (Å²) in [4.78, 5) is 30.6. The predicted octanol–water partition coefficient (Wildman–Crippen LogP) is 1.50. The van der Waals surface area contributed by atoms with E-state index in [9.17, 15) is 14.7 Å². The first-order valence-corrected chi connectivity index (χ1v) is 5.86. The highest BCUT2D eigenvalue weighted by Gasteiger charge is 2.36. The molecule has 0 atom stereocenters. The number of carbonyl (C=O) groups excluding carboxylic acids is 1. The van der Waals surface area contributed by atoms with Crippen LogP contribution < -0.4 is 5.32 Å². The highest BCUT2D eigenvalue weighted by Crippen LogP contribution is 2.16. The standard InChI is InChI=1S/C11H14ClN3O3/c1-3-11(4-2,10(17)18)15-9(16)7-5-14-8(12)6-13-7/h5-6H,3-4H2,1-2H3,(H,15,16)(H,17,18). The maximum Gasteiger partial charge on any atom is 0.329 e. The van der Waals surface area contributed by atoms with E-state index in [1.165, 1.54) is 12.4 Å². The van der Waals surface area contributed by atoms with Crippen LogP contribution in [0, 0.1) is 0 Å². The number of aromatic nitrogens is 2. The van der Waals surface area contributed by atoms with Crippen LogP contribution in [-0.2, 0) is 4.79 Å². The predicted molar refractivity (Wildman–Crippen MR) is 65.5 cm³/mol. The van der Waals surface area contributed by atoms with Crippen LogP contribution in [-0.4, -0.2) is 32.5 Å². The molecule has 1 aromatic heterocycles. The molecular weight excluding hydrogens is 258 g/mol. The molecule has 0 unspecified atom stereocenters. The number of nitrogens with zero attached hydrogens (tertiary/aromatic N) is 2. The molecule has 0 aliphatic heterocycles. The van der Waals surface area contributed by atoms with Crippen LogP contribution in [0.1, 0.15) is 37.2 Å². The molecule has 18 heavy (non-hydrogen) atoms. The smallest absolute Gasteiger partial charge is 0.329 e. The van der Waals surface area contributed by atoms with Crippen molar-refractivity contribution in [3.05, 3.63) is 23.2 Å². The van der Waals surface area contributed by atoms with Crippen LogP contribution in [0.15, 0.2) is 12.4 Å². The Morgan fingerprint density at radius 1 is 1.33 bits per heavy atom. The molecule has 0 fully saturated rings. The summed E-state index contributed by atoms with van der Waals surface area (Å²) >= 11 is 5.56. The zero-order valence-electron chi connectivity index (χ0n) is 10.1. The summed E-state index contributed by atoms with van der Waals surface area (Å²) in [7, 11) is 0. The van der Waals surface area contributed by atoms with E-state index in [-0.39, 0.29) is 23.7 Å². The number of aliphatic carboxylic acids is 1. The molecule has 1 aromatic rings. The molecule has 7 heteroatoms. The van der Waals surface area contributed by atoms with E-state index in [0.29, 0.717) is 0 Å². The molecule has 2 N–H and O–H groups in total. The lowest BCUT2D eigenvalue weighted by atomic mass is 9.93. The maximum absolute atomic E-state index is 11.9. The van der Waals surface area contributed by atoms with Crippen LogP contribution in [0.4, 0.5) is 0 Å². The van der Waals surface area contributed by atoms with Gasteiger partial charge in [0.1, 0.15) is 16.4 Å². The Bertz CT molecular complexity index is 443. The second-order valence-corrected chi connectivity index (χ2v) is 4.16. The van der Waals surface area contributed by atoms with Crippen molar-refractivity contribution in [1.82, 2.24) is 15.3 Å². The van der Waals surface area contributed by atoms with Gasteiger partial charge in [-0.3, -0.25) is 4.79 Å². The van der Waals surface area contributed by atoms with Crippen molar-refractivity contribution in [2.45, 2.75) is 32.2 Å². The number of rotatable bonds is 5. The molecule has 0 saturated carbocycles. The molecule has 0 aliphatic carbocycles. The highest BCUT2D eigenvalue weighted by molar-refractivity contribution is 6.29. The number of carbonyl (C=O) groups is 2. The number of nitrogens with one attached hydrogen (secondary N) is 1. The van der Waals surface area contributed by atoms with Crippen LogP contribution in [0.3, 0.4) is 0 Å². The molecule has 0 radical (unpaired) electrons. The van der Waals surface area contributed by atoms with E-state index in [1.54, 1.807) is 13.8 Å². The van der Waals surface area contributed by atoms with E-state index >= 15 is 0 Å². The van der Waals surface area contributed by atoms with Gasteiger partial charge in [-0.1, -0.05) is 25.4 Å². The van der Waals surface area contributed by atoms with E-state index in [4.69, 9.17) is 11.6 Å². The fourth-order valence-corrected chi connectivity index (χ4v) is 1.59. The van der Waals surface area contributed by atoms with Gasteiger partial charge in [0, 0.05) is 0 Å². The van der Waals surface area contributed by atoms with Crippen molar-refractivity contribution < 1.29 is 14.7 Å². The lowest BCUT2D eigenvalue weighted by Crippen LogP contribution is -2.53. The monoisotopic (exact) mass is 271 g/mol. The minimum atomic E-state index is -1.28. The van der Waals surface area contributed by atoms with E-state index in [0.717, 1.165) is 0 Å². The van der Waals surface area contributed by atoms with Gasteiger partial charge in [0.15, 0.2) is 0 Å². The van der Waals surface area contributed by atoms with Crippen molar-refractivity contribution in [2.24, 2.45) is 0 Å². The number of hydrogen-bond donors (Lipinski definition) is 2. The van der Waals surface area contributed by atoms with Gasteiger partial charge in [0.25, 0.3) is 5.91 Å². The Morgan fingerprint density at radius 2 is 1.94 bits per heavy atom. The Morgan fingerprint density at radius 3 is 2.33 bits per heavy atom. The summed E-state index contributed by atoms with van der Waals surface area (Å²) in [5, 5.41) is 11.8. The summed E-state index contributed by atoms with van der Waals surface area (Å²) in [6, 6.07) is 0. The SMILES string of the molecule is CCC(CC)(NC(=O)c1cnc(Cl)cn1)C(=O)O. The average molecular weight is 272 g/mol. The van der Waals surface area contributed by atoms with Crippen LogP contribution >= 0.6 is 11.6 Å². The van der Waals surface area contributed by atoms with Gasteiger partial charge >= 0.3 is 5.97 Å². The quantitative estimate of drug-likeness (QED) is 0.847. The third kappa shape index (κ3) is 2.95. The molecule has 0 aliphatic rings. The van der Waals surface area contributed by atoms with Crippen LogP contribution in [0.5, 0.6) is 0 Å². The fraction of sp³-hybridized carbons (Fsp3) is 0.455. The Balaban J connectivity index is 2.91. The zero-order valence-corrected chi connectivity index (χ0v) is 10.9. The summed E-state index contributed by atoms with van der Waals surface area (Å²) in [5.74, 6) is -1.65. The van der Waals surface area contributed by atoms with Crippen LogP contribution in [0.25, 0.3) is 0 Å². The molecular formula is C11H14ClN3O3. The van der Waals surface area contributed by atoms with Gasteiger partial charge in [0.2, 0.25) is 0 Å². The third-order valence-corrected chi connectivity index (χ3v) is 3.02. The van der Waals surface area contributed by atoms with Gasteiger partial charge in [-0.25, -0.2) is 14.8 Å². The van der Waals surface area contributed by atoms with E-state index < -0.39 is 17.4 Å². The largest absolute Gasteiger partial charge is 0.480 e. The van der Waals surface area contributed by atoms with Gasteiger partial charge in [-0.2, -0.15) is 0 Å². The number of hydrogen-bond acceptors (Lipinski definition) is 4. The second kappa shape index (κ2) is 5.77. The van der Waals surface area contributed by atoms with Crippen molar-refractivity contribution >= 4 is 23.5 Å². The highest BCUT2D eigenvalue weighted by atomic mass is 35.5. The molecule has 0 bridgehead atoms. The summed E-state index contributed by atoms with van der Waals surface area (Å²) in [6.45, 7) is 3.40. The molecule has 1 rings (SSSR count). The lowest BCUT2D eigenvalue weighted by Gasteiger charge is -2.27. The molecule has 0 spiro atoms. The van der Waals surface area contributed by atoms with Crippen molar-refractivity contribution in [1.29, 1.82) is 0 Å². The Kier molecular flexibility index (Phi) is 4.61. The minimum Gasteiger partial charge on any atom is -0.480 e. The average Bonchev–Trinajstić information content (AvgIpc) is 2.36. The first-order chi connectivity index (χ1) is 8.45. The lowest BCUT2D eigenvalue weighted by molar-refractivity contribution is -0.144. The number of carboxylic acid groups (broad SMARTS) is 1. The molecule has 0 saturated heterocycles. The van der Waals surface area contributed by atoms with Gasteiger partial charge in [-0.15, -0.1) is 0 Å². The Labute approximate surface area is 109 Å². The summed E-state index contributed by atoms with van der Waals surface area (Å²) < 4.78 is 0. The van der Waals surface area contributed by atoms with Crippen molar-refractivity contribution in [2.75, 3.05) is 0 Å². The maximum atomic E-state index is 11.9. The molecule has 0 aromatic carbocycles. The zero-order chi connectivity index (χ0) is 13.8. The van der Waals surface area contributed by atoms with Crippen molar-refractivity contribution in [3.63, 3.8) is 0 Å². The van der Waals surface area contributed by atoms with E-state index in [1.807, 2.05) is 0 Å². The number of carboxylic acids is 1. The number of halogens is 1. The van der Waals surface area contributed by atoms with E-state index in [2.05, 4.69) is 15.3 Å². The minimum absolute atomic E-state index is 0.0342. The topological polar surface area (TPSA) is 92.2 Å². The fourth-order valence-electron chi connectivity index (χ4n) is 1.49. The molecule has 1 heterocycles. The van der Waals surface area contributed by atoms with Gasteiger partial charge < -0.3 is 10.4 Å². The van der Waals surface area contributed by atoms with Gasteiger partial charge in [-0.05, 0) is 12.8 Å². The summed E-state index contributed by atoms with van der Waals surface area (Å²) in [6.07, 6.45) is 3.00. The van der Waals surface area contributed by atoms with Gasteiger partial charge in [0.05, 0.1) is 12.4 Å². The first kappa shape index (κ1) is 14.4. The first-order valence-electron chi connectivity index (χ1n) is 5.48. The third-order valence-electron chi connectivity index (χ3n) is 2.82. The second-order valence-electron chi connectivity index (χ2n) is 3.77. The van der Waals surface area contributed by atoms with Crippen molar-refractivity contribution in [3.8, 4) is 0 Å². The normalized spacial score (nSPS) is 11.1. The number of amides is 1. The Hall–Kier alpha value is -1.69. The summed E-state index contributed by atoms with van der Waals surface area (Å²) in [5.41, 5.74) is -1.25. The van der Waals surface area contributed by atoms with Crippen LogP contribution in [0.2, 0.25) is 5.15 Å². The molecule has 1 amide bonds.